The van der Waals surface area contributed by atoms with Crippen molar-refractivity contribution in [3.8, 4) is 11.8 Å². The molecule has 1 aromatic carbocycles. The Morgan fingerprint density at radius 1 is 1.32 bits per heavy atom. The highest BCUT2D eigenvalue weighted by Crippen LogP contribution is 2.36. The molecule has 2 heterocycles. The molecule has 1 aliphatic heterocycles. The molecule has 3 rings (SSSR count). The number of carbonyl (C=O) groups excluding carboxylic acids is 1. The van der Waals surface area contributed by atoms with E-state index >= 15 is 0 Å². The number of hydrogen-bond donors (Lipinski definition) is 1. The summed E-state index contributed by atoms with van der Waals surface area (Å²) in [7, 11) is 0. The van der Waals surface area contributed by atoms with E-state index in [0.29, 0.717) is 30.3 Å². The highest BCUT2D eigenvalue weighted by molar-refractivity contribution is 5.99. The average Bonchev–Trinajstić information content (AvgIpc) is 2.60. The van der Waals surface area contributed by atoms with Gasteiger partial charge in [0.15, 0.2) is 0 Å². The van der Waals surface area contributed by atoms with Gasteiger partial charge in [0, 0.05) is 17.3 Å². The van der Waals surface area contributed by atoms with E-state index in [0.717, 1.165) is 11.4 Å². The van der Waals surface area contributed by atoms with E-state index in [1.54, 1.807) is 17.0 Å². The van der Waals surface area contributed by atoms with Crippen LogP contribution in [0.1, 0.15) is 26.3 Å². The van der Waals surface area contributed by atoms with Gasteiger partial charge in [-0.1, -0.05) is 20.8 Å². The van der Waals surface area contributed by atoms with E-state index in [2.05, 4.69) is 10.3 Å². The number of rotatable bonds is 2. The number of amides is 1. The zero-order valence-corrected chi connectivity index (χ0v) is 14.5. The Balaban J connectivity index is 1.89. The van der Waals surface area contributed by atoms with Crippen LogP contribution in [0.4, 0.5) is 17.2 Å². The number of pyridine rings is 1. The largest absolute Gasteiger partial charge is 0.490 e. The predicted molar refractivity (Wildman–Crippen MR) is 96.0 cm³/mol. The molecule has 1 aromatic heterocycles. The quantitative estimate of drug-likeness (QED) is 0.908. The lowest BCUT2D eigenvalue weighted by Gasteiger charge is -2.34. The standard InChI is InChI=1S/C19H20N4O2/c1-19(2,3)18(24)23-8-9-25-16-6-5-14(10-15(16)23)22-17-7-4-13(11-20)12-21-17/h4-7,10,12H,8-9H2,1-3H3,(H,21,22). The second kappa shape index (κ2) is 6.44. The van der Waals surface area contributed by atoms with Crippen molar-refractivity contribution >= 4 is 23.1 Å². The summed E-state index contributed by atoms with van der Waals surface area (Å²) in [5.41, 5.74) is 1.59. The molecule has 1 aliphatic rings. The number of benzene rings is 1. The van der Waals surface area contributed by atoms with Crippen molar-refractivity contribution in [3.63, 3.8) is 0 Å². The van der Waals surface area contributed by atoms with Crippen LogP contribution in [0.2, 0.25) is 0 Å². The van der Waals surface area contributed by atoms with Gasteiger partial charge in [-0.2, -0.15) is 5.26 Å². The molecule has 0 fully saturated rings. The Bertz CT molecular complexity index is 832. The first-order chi connectivity index (χ1) is 11.9. The topological polar surface area (TPSA) is 78.2 Å². The monoisotopic (exact) mass is 336 g/mol. The van der Waals surface area contributed by atoms with Crippen molar-refractivity contribution < 1.29 is 9.53 Å². The van der Waals surface area contributed by atoms with Crippen molar-refractivity contribution in [2.24, 2.45) is 5.41 Å². The molecule has 0 unspecified atom stereocenters. The van der Waals surface area contributed by atoms with Gasteiger partial charge < -0.3 is 15.0 Å². The molecule has 128 valence electrons. The normalized spacial score (nSPS) is 13.4. The lowest BCUT2D eigenvalue weighted by atomic mass is 9.94. The fourth-order valence-corrected chi connectivity index (χ4v) is 2.59. The fraction of sp³-hybridized carbons (Fsp3) is 0.316. The van der Waals surface area contributed by atoms with Gasteiger partial charge in [0.05, 0.1) is 17.8 Å². The second-order valence-electron chi connectivity index (χ2n) is 6.91. The van der Waals surface area contributed by atoms with Gasteiger partial charge in [0.2, 0.25) is 5.91 Å². The minimum absolute atomic E-state index is 0.0608. The van der Waals surface area contributed by atoms with Crippen LogP contribution in [0, 0.1) is 16.7 Å². The predicted octanol–water partition coefficient (Wildman–Crippen LogP) is 3.47. The van der Waals surface area contributed by atoms with Crippen molar-refractivity contribution in [1.29, 1.82) is 5.26 Å². The Kier molecular flexibility index (Phi) is 4.32. The third-order valence-corrected chi connectivity index (χ3v) is 3.87. The Hall–Kier alpha value is -3.07. The third-order valence-electron chi connectivity index (χ3n) is 3.87. The molecular formula is C19H20N4O2. The number of nitriles is 1. The zero-order chi connectivity index (χ0) is 18.0. The Morgan fingerprint density at radius 3 is 2.76 bits per heavy atom. The summed E-state index contributed by atoms with van der Waals surface area (Å²) >= 11 is 0. The van der Waals surface area contributed by atoms with Crippen LogP contribution in [0.25, 0.3) is 0 Å². The van der Waals surface area contributed by atoms with Crippen molar-refractivity contribution in [3.05, 3.63) is 42.1 Å². The number of nitrogens with zero attached hydrogens (tertiary/aromatic N) is 3. The number of fused-ring (bicyclic) bond motifs is 1. The van der Waals surface area contributed by atoms with E-state index < -0.39 is 5.41 Å². The summed E-state index contributed by atoms with van der Waals surface area (Å²) in [5.74, 6) is 1.39. The molecule has 1 N–H and O–H groups in total. The summed E-state index contributed by atoms with van der Waals surface area (Å²) < 4.78 is 5.68. The van der Waals surface area contributed by atoms with Crippen molar-refractivity contribution in [2.45, 2.75) is 20.8 Å². The lowest BCUT2D eigenvalue weighted by molar-refractivity contribution is -0.126. The number of anilines is 3. The SMILES string of the molecule is CC(C)(C)C(=O)N1CCOc2ccc(Nc3ccc(C#N)cn3)cc21. The summed E-state index contributed by atoms with van der Waals surface area (Å²) in [4.78, 5) is 18.7. The molecule has 0 saturated carbocycles. The molecule has 2 aromatic rings. The van der Waals surface area contributed by atoms with Gasteiger partial charge in [-0.05, 0) is 30.3 Å². The molecule has 0 spiro atoms. The van der Waals surface area contributed by atoms with Gasteiger partial charge in [-0.3, -0.25) is 4.79 Å². The van der Waals surface area contributed by atoms with Gasteiger partial charge in [-0.25, -0.2) is 4.98 Å². The summed E-state index contributed by atoms with van der Waals surface area (Å²) in [6, 6.07) is 11.1. The highest BCUT2D eigenvalue weighted by Gasteiger charge is 2.31. The van der Waals surface area contributed by atoms with Gasteiger partial charge in [0.1, 0.15) is 24.2 Å². The van der Waals surface area contributed by atoms with E-state index in [9.17, 15) is 4.79 Å². The molecule has 1 amide bonds. The molecule has 6 heteroatoms. The minimum Gasteiger partial charge on any atom is -0.490 e. The molecule has 0 atom stereocenters. The number of hydrogen-bond acceptors (Lipinski definition) is 5. The lowest BCUT2D eigenvalue weighted by Crippen LogP contribution is -2.44. The second-order valence-corrected chi connectivity index (χ2v) is 6.91. The number of ether oxygens (including phenoxy) is 1. The zero-order valence-electron chi connectivity index (χ0n) is 14.5. The first kappa shape index (κ1) is 16.8. The minimum atomic E-state index is -0.466. The summed E-state index contributed by atoms with van der Waals surface area (Å²) in [5, 5.41) is 12.0. The molecule has 0 saturated heterocycles. The van der Waals surface area contributed by atoms with Crippen LogP contribution in [0.15, 0.2) is 36.5 Å². The van der Waals surface area contributed by atoms with Crippen LogP contribution in [-0.4, -0.2) is 24.0 Å². The number of nitrogens with one attached hydrogen (secondary N) is 1. The smallest absolute Gasteiger partial charge is 0.232 e. The fourth-order valence-electron chi connectivity index (χ4n) is 2.59. The van der Waals surface area contributed by atoms with Gasteiger partial charge in [-0.15, -0.1) is 0 Å². The molecule has 0 radical (unpaired) electrons. The van der Waals surface area contributed by atoms with E-state index in [1.807, 2.05) is 45.0 Å². The van der Waals surface area contributed by atoms with E-state index in [4.69, 9.17) is 10.00 Å². The van der Waals surface area contributed by atoms with E-state index in [-0.39, 0.29) is 5.91 Å². The van der Waals surface area contributed by atoms with Crippen LogP contribution in [0.3, 0.4) is 0 Å². The number of aromatic nitrogens is 1. The maximum absolute atomic E-state index is 12.7. The molecule has 25 heavy (non-hydrogen) atoms. The van der Waals surface area contributed by atoms with Gasteiger partial charge >= 0.3 is 0 Å². The van der Waals surface area contributed by atoms with E-state index in [1.165, 1.54) is 6.20 Å². The summed E-state index contributed by atoms with van der Waals surface area (Å²) in [6.45, 7) is 6.74. The summed E-state index contributed by atoms with van der Waals surface area (Å²) in [6.07, 6.45) is 1.51. The molecule has 0 bridgehead atoms. The van der Waals surface area contributed by atoms with Crippen molar-refractivity contribution in [2.75, 3.05) is 23.4 Å². The molecule has 6 nitrogen and oxygen atoms in total. The third kappa shape index (κ3) is 3.56. The van der Waals surface area contributed by atoms with Crippen LogP contribution in [0.5, 0.6) is 5.75 Å². The van der Waals surface area contributed by atoms with Crippen LogP contribution in [-0.2, 0) is 4.79 Å². The Labute approximate surface area is 147 Å². The first-order valence-electron chi connectivity index (χ1n) is 8.10. The van der Waals surface area contributed by atoms with Crippen LogP contribution >= 0.6 is 0 Å². The van der Waals surface area contributed by atoms with Crippen LogP contribution < -0.4 is 15.0 Å². The maximum Gasteiger partial charge on any atom is 0.232 e. The molecule has 0 aliphatic carbocycles. The van der Waals surface area contributed by atoms with Gasteiger partial charge in [0.25, 0.3) is 0 Å². The molecular weight excluding hydrogens is 316 g/mol. The average molecular weight is 336 g/mol. The first-order valence-corrected chi connectivity index (χ1v) is 8.10. The highest BCUT2D eigenvalue weighted by atomic mass is 16.5. The maximum atomic E-state index is 12.7. The Morgan fingerprint density at radius 2 is 2.12 bits per heavy atom. The van der Waals surface area contributed by atoms with Crippen molar-refractivity contribution in [1.82, 2.24) is 4.98 Å². The number of carbonyl (C=O) groups is 1.